The van der Waals surface area contributed by atoms with Gasteiger partial charge >= 0.3 is 5.97 Å². The van der Waals surface area contributed by atoms with Gasteiger partial charge < -0.3 is 9.47 Å². The molecule has 0 aliphatic carbocycles. The van der Waals surface area contributed by atoms with Crippen LogP contribution >= 0.6 is 0 Å². The lowest BCUT2D eigenvalue weighted by Gasteiger charge is -2.07. The maximum Gasteiger partial charge on any atom is 0.344 e. The number of carbonyl (C=O) groups excluding carboxylic acids is 1. The number of rotatable bonds is 6. The molecule has 0 amide bonds. The Labute approximate surface area is 112 Å². The van der Waals surface area contributed by atoms with Crippen LogP contribution in [0, 0.1) is 0 Å². The Morgan fingerprint density at radius 1 is 1.32 bits per heavy atom. The largest absolute Gasteiger partial charge is 0.480 e. The predicted octanol–water partition coefficient (Wildman–Crippen LogP) is 2.96. The van der Waals surface area contributed by atoms with Gasteiger partial charge in [-0.2, -0.15) is 0 Å². The summed E-state index contributed by atoms with van der Waals surface area (Å²) in [7, 11) is 0. The van der Waals surface area contributed by atoms with Crippen LogP contribution in [0.15, 0.2) is 36.5 Å². The molecule has 1 aromatic carbocycles. The lowest BCUT2D eigenvalue weighted by molar-refractivity contribution is -0.146. The molecule has 2 rings (SSSR count). The van der Waals surface area contributed by atoms with E-state index in [0.29, 0.717) is 12.4 Å². The standard InChI is InChI=1S/C15H17NO3/c1-2-3-8-18-15(17)11-19-13-9-12-6-4-5-7-14(12)16-10-13/h4-7,9-10H,2-3,8,11H2,1H3. The molecule has 0 aliphatic rings. The van der Waals surface area contributed by atoms with Crippen LogP contribution in [-0.4, -0.2) is 24.2 Å². The van der Waals surface area contributed by atoms with E-state index < -0.39 is 0 Å². The molecule has 19 heavy (non-hydrogen) atoms. The summed E-state index contributed by atoms with van der Waals surface area (Å²) >= 11 is 0. The second-order valence-corrected chi connectivity index (χ2v) is 4.23. The van der Waals surface area contributed by atoms with Crippen molar-refractivity contribution in [2.45, 2.75) is 19.8 Å². The highest BCUT2D eigenvalue weighted by Gasteiger charge is 2.04. The second-order valence-electron chi connectivity index (χ2n) is 4.23. The molecule has 2 aromatic rings. The molecule has 0 fully saturated rings. The van der Waals surface area contributed by atoms with Crippen molar-refractivity contribution in [1.29, 1.82) is 0 Å². The van der Waals surface area contributed by atoms with Crippen LogP contribution in [0.5, 0.6) is 5.75 Å². The quantitative estimate of drug-likeness (QED) is 0.591. The first-order valence-electron chi connectivity index (χ1n) is 6.43. The van der Waals surface area contributed by atoms with Crippen LogP contribution in [0.1, 0.15) is 19.8 Å². The Morgan fingerprint density at radius 2 is 2.16 bits per heavy atom. The Bertz CT molecular complexity index is 554. The summed E-state index contributed by atoms with van der Waals surface area (Å²) in [5, 5.41) is 0.986. The number of nitrogens with zero attached hydrogens (tertiary/aromatic N) is 1. The summed E-state index contributed by atoms with van der Waals surface area (Å²) < 4.78 is 10.4. The molecule has 1 heterocycles. The number of carbonyl (C=O) groups is 1. The summed E-state index contributed by atoms with van der Waals surface area (Å²) in [6, 6.07) is 9.61. The van der Waals surface area contributed by atoms with E-state index in [0.717, 1.165) is 23.7 Å². The van der Waals surface area contributed by atoms with Gasteiger partial charge in [0.25, 0.3) is 0 Å². The van der Waals surface area contributed by atoms with Gasteiger partial charge in [-0.05, 0) is 18.6 Å². The number of aromatic nitrogens is 1. The van der Waals surface area contributed by atoms with E-state index >= 15 is 0 Å². The molecule has 1 aromatic heterocycles. The van der Waals surface area contributed by atoms with Crippen molar-refractivity contribution in [1.82, 2.24) is 4.98 Å². The van der Waals surface area contributed by atoms with Crippen molar-refractivity contribution in [3.05, 3.63) is 36.5 Å². The van der Waals surface area contributed by atoms with E-state index in [9.17, 15) is 4.79 Å². The van der Waals surface area contributed by atoms with Gasteiger partial charge in [-0.15, -0.1) is 0 Å². The van der Waals surface area contributed by atoms with E-state index in [4.69, 9.17) is 9.47 Å². The van der Waals surface area contributed by atoms with Crippen molar-refractivity contribution >= 4 is 16.9 Å². The van der Waals surface area contributed by atoms with Crippen molar-refractivity contribution in [2.24, 2.45) is 0 Å². The van der Waals surface area contributed by atoms with Crippen LogP contribution in [0.2, 0.25) is 0 Å². The number of benzene rings is 1. The Hall–Kier alpha value is -2.10. The molecule has 0 saturated heterocycles. The zero-order valence-electron chi connectivity index (χ0n) is 11.0. The topological polar surface area (TPSA) is 48.4 Å². The number of hydrogen-bond donors (Lipinski definition) is 0. The fourth-order valence-electron chi connectivity index (χ4n) is 1.64. The second kappa shape index (κ2) is 6.73. The summed E-state index contributed by atoms with van der Waals surface area (Å²) in [5.41, 5.74) is 0.903. The van der Waals surface area contributed by atoms with Crippen LogP contribution in [0.3, 0.4) is 0 Å². The van der Waals surface area contributed by atoms with E-state index in [1.165, 1.54) is 0 Å². The van der Waals surface area contributed by atoms with E-state index in [1.54, 1.807) is 6.20 Å². The number of hydrogen-bond acceptors (Lipinski definition) is 4. The maximum absolute atomic E-state index is 11.4. The molecule has 0 spiro atoms. The number of fused-ring (bicyclic) bond motifs is 1. The van der Waals surface area contributed by atoms with Gasteiger partial charge in [0.05, 0.1) is 18.3 Å². The van der Waals surface area contributed by atoms with E-state index in [-0.39, 0.29) is 12.6 Å². The third-order valence-corrected chi connectivity index (χ3v) is 2.68. The van der Waals surface area contributed by atoms with Gasteiger partial charge in [0.2, 0.25) is 0 Å². The Kier molecular flexibility index (Phi) is 4.72. The molecule has 0 radical (unpaired) electrons. The summed E-state index contributed by atoms with van der Waals surface area (Å²) in [4.78, 5) is 15.6. The Balaban J connectivity index is 1.89. The molecule has 100 valence electrons. The third-order valence-electron chi connectivity index (χ3n) is 2.68. The zero-order chi connectivity index (χ0) is 13.5. The van der Waals surface area contributed by atoms with E-state index in [2.05, 4.69) is 4.98 Å². The summed E-state index contributed by atoms with van der Waals surface area (Å²) in [5.74, 6) is 0.229. The lowest BCUT2D eigenvalue weighted by Crippen LogP contribution is -2.15. The van der Waals surface area contributed by atoms with Gasteiger partial charge in [-0.25, -0.2) is 4.79 Å². The molecule has 0 aliphatic heterocycles. The van der Waals surface area contributed by atoms with Gasteiger partial charge in [0.1, 0.15) is 5.75 Å². The molecular formula is C15H17NO3. The molecule has 0 N–H and O–H groups in total. The number of para-hydroxylation sites is 1. The van der Waals surface area contributed by atoms with Crippen LogP contribution < -0.4 is 4.74 Å². The molecule has 4 nitrogen and oxygen atoms in total. The minimum absolute atomic E-state index is 0.0796. The molecule has 0 atom stereocenters. The minimum atomic E-state index is -0.346. The first kappa shape index (κ1) is 13.3. The van der Waals surface area contributed by atoms with Gasteiger partial charge in [0, 0.05) is 5.39 Å². The number of pyridine rings is 1. The minimum Gasteiger partial charge on any atom is -0.480 e. The van der Waals surface area contributed by atoms with Gasteiger partial charge in [0.15, 0.2) is 6.61 Å². The van der Waals surface area contributed by atoms with Crippen molar-refractivity contribution in [2.75, 3.05) is 13.2 Å². The van der Waals surface area contributed by atoms with Gasteiger partial charge in [-0.1, -0.05) is 31.5 Å². The number of esters is 1. The fourth-order valence-corrected chi connectivity index (χ4v) is 1.64. The third kappa shape index (κ3) is 3.95. The van der Waals surface area contributed by atoms with Crippen molar-refractivity contribution < 1.29 is 14.3 Å². The molecule has 0 saturated carbocycles. The monoisotopic (exact) mass is 259 g/mol. The van der Waals surface area contributed by atoms with Gasteiger partial charge in [-0.3, -0.25) is 4.98 Å². The highest BCUT2D eigenvalue weighted by Crippen LogP contribution is 2.17. The molecular weight excluding hydrogens is 242 g/mol. The van der Waals surface area contributed by atoms with E-state index in [1.807, 2.05) is 37.3 Å². The Morgan fingerprint density at radius 3 is 3.00 bits per heavy atom. The molecule has 0 bridgehead atoms. The normalized spacial score (nSPS) is 10.4. The first-order valence-corrected chi connectivity index (χ1v) is 6.43. The number of unbranched alkanes of at least 4 members (excludes halogenated alkanes) is 1. The zero-order valence-corrected chi connectivity index (χ0v) is 11.0. The summed E-state index contributed by atoms with van der Waals surface area (Å²) in [6.45, 7) is 2.42. The number of ether oxygens (including phenoxy) is 2. The van der Waals surface area contributed by atoms with Crippen LogP contribution in [-0.2, 0) is 9.53 Å². The average molecular weight is 259 g/mol. The van der Waals surface area contributed by atoms with Crippen LogP contribution in [0.4, 0.5) is 0 Å². The fraction of sp³-hybridized carbons (Fsp3) is 0.333. The van der Waals surface area contributed by atoms with Crippen molar-refractivity contribution in [3.63, 3.8) is 0 Å². The lowest BCUT2D eigenvalue weighted by atomic mass is 10.2. The van der Waals surface area contributed by atoms with Crippen molar-refractivity contribution in [3.8, 4) is 5.75 Å². The maximum atomic E-state index is 11.4. The average Bonchev–Trinajstić information content (AvgIpc) is 2.45. The predicted molar refractivity (Wildman–Crippen MR) is 73.1 cm³/mol. The highest BCUT2D eigenvalue weighted by atomic mass is 16.6. The SMILES string of the molecule is CCCCOC(=O)COc1cnc2ccccc2c1. The first-order chi connectivity index (χ1) is 9.29. The smallest absolute Gasteiger partial charge is 0.344 e. The van der Waals surface area contributed by atoms with Crippen LogP contribution in [0.25, 0.3) is 10.9 Å². The highest BCUT2D eigenvalue weighted by molar-refractivity contribution is 5.79. The summed E-state index contributed by atoms with van der Waals surface area (Å²) in [6.07, 6.45) is 3.49. The molecule has 0 unspecified atom stereocenters. The molecule has 4 heteroatoms.